The first-order chi connectivity index (χ1) is 9.62. The van der Waals surface area contributed by atoms with Crippen molar-refractivity contribution < 1.29 is 12.8 Å². The Hall–Kier alpha value is -1.79. The highest BCUT2D eigenvalue weighted by Gasteiger charge is 2.18. The van der Waals surface area contributed by atoms with Crippen LogP contribution in [-0.2, 0) is 16.6 Å². The van der Waals surface area contributed by atoms with Gasteiger partial charge in [0.2, 0.25) is 5.09 Å². The van der Waals surface area contributed by atoms with E-state index < -0.39 is 10.0 Å². The summed E-state index contributed by atoms with van der Waals surface area (Å²) in [6.07, 6.45) is 1.02. The highest BCUT2D eigenvalue weighted by molar-refractivity contribution is 7.92. The number of rotatable bonds is 7. The van der Waals surface area contributed by atoms with Gasteiger partial charge in [-0.15, -0.1) is 0 Å². The number of furan rings is 1. The quantitative estimate of drug-likeness (QED) is 0.770. The van der Waals surface area contributed by atoms with Gasteiger partial charge >= 0.3 is 0 Å². The lowest BCUT2D eigenvalue weighted by atomic mass is 10.3. The number of benzene rings is 1. The lowest BCUT2D eigenvalue weighted by Gasteiger charge is -2.05. The zero-order valence-corrected chi connectivity index (χ0v) is 12.1. The van der Waals surface area contributed by atoms with Crippen molar-refractivity contribution in [1.82, 2.24) is 5.32 Å². The van der Waals surface area contributed by atoms with Gasteiger partial charge in [-0.3, -0.25) is 4.72 Å². The zero-order chi connectivity index (χ0) is 14.4. The average molecular weight is 294 g/mol. The van der Waals surface area contributed by atoms with Crippen molar-refractivity contribution in [3.8, 4) is 0 Å². The van der Waals surface area contributed by atoms with Crippen molar-refractivity contribution >= 4 is 15.7 Å². The van der Waals surface area contributed by atoms with E-state index in [0.717, 1.165) is 13.0 Å². The maximum Gasteiger partial charge on any atom is 0.295 e. The molecule has 0 atom stereocenters. The summed E-state index contributed by atoms with van der Waals surface area (Å²) in [4.78, 5) is 0. The third-order valence-corrected chi connectivity index (χ3v) is 3.91. The van der Waals surface area contributed by atoms with E-state index in [9.17, 15) is 8.42 Å². The predicted molar refractivity (Wildman–Crippen MR) is 78.0 cm³/mol. The molecule has 20 heavy (non-hydrogen) atoms. The number of nitrogens with one attached hydrogen (secondary N) is 2. The summed E-state index contributed by atoms with van der Waals surface area (Å²) in [6.45, 7) is 3.45. The minimum absolute atomic E-state index is 0.0744. The van der Waals surface area contributed by atoms with Crippen LogP contribution in [0.15, 0.2) is 52.0 Å². The van der Waals surface area contributed by atoms with E-state index >= 15 is 0 Å². The second-order valence-electron chi connectivity index (χ2n) is 4.37. The van der Waals surface area contributed by atoms with E-state index in [4.69, 9.17) is 4.42 Å². The number of anilines is 1. The summed E-state index contributed by atoms with van der Waals surface area (Å²) >= 11 is 0. The summed E-state index contributed by atoms with van der Waals surface area (Å²) in [7, 11) is -3.67. The topological polar surface area (TPSA) is 71.3 Å². The van der Waals surface area contributed by atoms with Gasteiger partial charge in [-0.05, 0) is 37.2 Å². The fourth-order valence-corrected chi connectivity index (χ4v) is 2.71. The summed E-state index contributed by atoms with van der Waals surface area (Å²) in [6, 6.07) is 11.9. The molecule has 108 valence electrons. The van der Waals surface area contributed by atoms with E-state index in [1.807, 2.05) is 6.07 Å². The van der Waals surface area contributed by atoms with Gasteiger partial charge < -0.3 is 9.73 Å². The Balaban J connectivity index is 2.06. The maximum absolute atomic E-state index is 12.1. The van der Waals surface area contributed by atoms with Crippen molar-refractivity contribution in [2.75, 3.05) is 11.3 Å². The molecule has 2 N–H and O–H groups in total. The minimum atomic E-state index is -3.67. The van der Waals surface area contributed by atoms with Gasteiger partial charge in [-0.1, -0.05) is 25.1 Å². The van der Waals surface area contributed by atoms with E-state index in [2.05, 4.69) is 17.0 Å². The van der Waals surface area contributed by atoms with E-state index in [-0.39, 0.29) is 5.09 Å². The summed E-state index contributed by atoms with van der Waals surface area (Å²) in [5, 5.41) is 3.08. The molecule has 0 saturated heterocycles. The third-order valence-electron chi connectivity index (χ3n) is 2.65. The second kappa shape index (κ2) is 6.58. The number of hydrogen-bond donors (Lipinski definition) is 2. The minimum Gasteiger partial charge on any atom is -0.446 e. The normalized spacial score (nSPS) is 11.4. The molecular formula is C14H18N2O3S. The molecule has 6 heteroatoms. The fourth-order valence-electron chi connectivity index (χ4n) is 1.70. The van der Waals surface area contributed by atoms with Crippen molar-refractivity contribution in [2.24, 2.45) is 0 Å². The molecule has 0 unspecified atom stereocenters. The maximum atomic E-state index is 12.1. The van der Waals surface area contributed by atoms with Crippen LogP contribution < -0.4 is 10.0 Å². The smallest absolute Gasteiger partial charge is 0.295 e. The monoisotopic (exact) mass is 294 g/mol. The Morgan fingerprint density at radius 3 is 2.55 bits per heavy atom. The zero-order valence-electron chi connectivity index (χ0n) is 11.3. The van der Waals surface area contributed by atoms with Crippen LogP contribution in [0.2, 0.25) is 0 Å². The first-order valence-electron chi connectivity index (χ1n) is 6.49. The van der Waals surface area contributed by atoms with Crippen molar-refractivity contribution in [3.05, 3.63) is 48.2 Å². The Morgan fingerprint density at radius 2 is 1.85 bits per heavy atom. The lowest BCUT2D eigenvalue weighted by Crippen LogP contribution is -2.14. The van der Waals surface area contributed by atoms with Gasteiger partial charge in [0.25, 0.3) is 10.0 Å². The average Bonchev–Trinajstić information content (AvgIpc) is 2.89. The van der Waals surface area contributed by atoms with Crippen LogP contribution in [-0.4, -0.2) is 15.0 Å². The summed E-state index contributed by atoms with van der Waals surface area (Å²) in [5.74, 6) is 0.604. The van der Waals surface area contributed by atoms with Crippen LogP contribution in [0.1, 0.15) is 19.1 Å². The Kier molecular flexibility index (Phi) is 4.81. The van der Waals surface area contributed by atoms with Gasteiger partial charge in [0.05, 0.1) is 6.54 Å². The van der Waals surface area contributed by atoms with Crippen LogP contribution in [0.5, 0.6) is 0 Å². The highest BCUT2D eigenvalue weighted by atomic mass is 32.2. The van der Waals surface area contributed by atoms with Gasteiger partial charge in [-0.2, -0.15) is 8.42 Å². The highest BCUT2D eigenvalue weighted by Crippen LogP contribution is 2.18. The molecule has 0 radical (unpaired) electrons. The third kappa shape index (κ3) is 3.85. The van der Waals surface area contributed by atoms with Gasteiger partial charge in [0, 0.05) is 5.69 Å². The largest absolute Gasteiger partial charge is 0.446 e. The Labute approximate surface area is 119 Å². The molecule has 0 aliphatic heterocycles. The lowest BCUT2D eigenvalue weighted by molar-refractivity contribution is 0.403. The molecule has 0 spiro atoms. The summed E-state index contributed by atoms with van der Waals surface area (Å²) < 4.78 is 32.1. The molecule has 5 nitrogen and oxygen atoms in total. The number of para-hydroxylation sites is 1. The predicted octanol–water partition coefficient (Wildman–Crippen LogP) is 2.58. The van der Waals surface area contributed by atoms with Crippen LogP contribution in [0.4, 0.5) is 5.69 Å². The molecule has 1 heterocycles. The molecule has 0 fully saturated rings. The number of sulfonamides is 1. The fraction of sp³-hybridized carbons (Fsp3) is 0.286. The molecule has 1 aromatic carbocycles. The van der Waals surface area contributed by atoms with Crippen molar-refractivity contribution in [1.29, 1.82) is 0 Å². The molecule has 2 rings (SSSR count). The number of hydrogen-bond acceptors (Lipinski definition) is 4. The van der Waals surface area contributed by atoms with Crippen LogP contribution in [0.3, 0.4) is 0 Å². The summed E-state index contributed by atoms with van der Waals surface area (Å²) in [5.41, 5.74) is 0.509. The van der Waals surface area contributed by atoms with Gasteiger partial charge in [-0.25, -0.2) is 0 Å². The van der Waals surface area contributed by atoms with Crippen LogP contribution in [0.25, 0.3) is 0 Å². The van der Waals surface area contributed by atoms with E-state index in [0.29, 0.717) is 18.0 Å². The molecular weight excluding hydrogens is 276 g/mol. The van der Waals surface area contributed by atoms with Crippen LogP contribution in [0, 0.1) is 0 Å². The molecule has 0 bridgehead atoms. The Morgan fingerprint density at radius 1 is 1.10 bits per heavy atom. The Bertz CT molecular complexity index is 635. The van der Waals surface area contributed by atoms with Crippen molar-refractivity contribution in [3.63, 3.8) is 0 Å². The molecule has 0 saturated carbocycles. The molecule has 0 amide bonds. The molecule has 0 aliphatic rings. The molecule has 2 aromatic rings. The first kappa shape index (κ1) is 14.6. The molecule has 0 aliphatic carbocycles. The second-order valence-corrected chi connectivity index (χ2v) is 5.98. The standard InChI is InChI=1S/C14H18N2O3S/c1-2-10-15-11-13-8-9-14(19-13)20(17,18)16-12-6-4-3-5-7-12/h3-9,15-16H,2,10-11H2,1H3. The SMILES string of the molecule is CCCNCc1ccc(S(=O)(=O)Nc2ccccc2)o1. The van der Waals surface area contributed by atoms with Crippen LogP contribution >= 0.6 is 0 Å². The first-order valence-corrected chi connectivity index (χ1v) is 7.97. The van der Waals surface area contributed by atoms with E-state index in [1.165, 1.54) is 6.07 Å². The van der Waals surface area contributed by atoms with Gasteiger partial charge in [0.1, 0.15) is 5.76 Å². The van der Waals surface area contributed by atoms with Crippen molar-refractivity contribution in [2.45, 2.75) is 25.0 Å². The molecule has 1 aromatic heterocycles. The van der Waals surface area contributed by atoms with E-state index in [1.54, 1.807) is 30.3 Å². The van der Waals surface area contributed by atoms with Gasteiger partial charge in [0.15, 0.2) is 0 Å².